The average Bonchev–Trinajstić information content (AvgIpc) is 2.50. The predicted octanol–water partition coefficient (Wildman–Crippen LogP) is 0.681. The van der Waals surface area contributed by atoms with Crippen LogP contribution < -0.4 is 0 Å². The normalized spacial score (nSPS) is 12.0. The Morgan fingerprint density at radius 1 is 1.75 bits per heavy atom. The van der Waals surface area contributed by atoms with E-state index in [1.807, 2.05) is 5.92 Å². The molecule has 0 spiro atoms. The van der Waals surface area contributed by atoms with Gasteiger partial charge in [-0.25, -0.2) is 4.79 Å². The molecule has 2 N–H and O–H groups in total. The lowest BCUT2D eigenvalue weighted by Gasteiger charge is -2.04. The number of rotatable bonds is 1. The van der Waals surface area contributed by atoms with Gasteiger partial charge in [0, 0.05) is 6.20 Å². The molecule has 4 nitrogen and oxygen atoms in total. The van der Waals surface area contributed by atoms with Gasteiger partial charge in [-0.05, 0) is 12.1 Å². The fourth-order valence-electron chi connectivity index (χ4n) is 0.877. The lowest BCUT2D eigenvalue weighted by atomic mass is 10.3. The summed E-state index contributed by atoms with van der Waals surface area (Å²) in [4.78, 5) is 10.5. The van der Waals surface area contributed by atoms with Crippen molar-refractivity contribution in [2.75, 3.05) is 0 Å². The monoisotopic (exact) mass is 165 g/mol. The zero-order chi connectivity index (χ0) is 9.14. The summed E-state index contributed by atoms with van der Waals surface area (Å²) in [5.74, 6) is 2.03. The van der Waals surface area contributed by atoms with Crippen molar-refractivity contribution in [1.82, 2.24) is 4.57 Å². The van der Waals surface area contributed by atoms with Crippen LogP contribution in [0.3, 0.4) is 0 Å². The van der Waals surface area contributed by atoms with Crippen LogP contribution in [0.2, 0.25) is 0 Å². The van der Waals surface area contributed by atoms with Crippen molar-refractivity contribution in [3.05, 3.63) is 24.0 Å². The Morgan fingerprint density at radius 2 is 2.42 bits per heavy atom. The molecule has 62 valence electrons. The minimum atomic E-state index is -1.17. The second kappa shape index (κ2) is 3.11. The highest BCUT2D eigenvalue weighted by atomic mass is 16.4. The highest BCUT2D eigenvalue weighted by Gasteiger charge is 2.12. The summed E-state index contributed by atoms with van der Waals surface area (Å²) in [5, 5.41) is 17.7. The minimum absolute atomic E-state index is 0.185. The van der Waals surface area contributed by atoms with Gasteiger partial charge in [-0.3, -0.25) is 4.57 Å². The largest absolute Gasteiger partial charge is 0.464 e. The fraction of sp³-hybridized carbons (Fsp3) is 0.125. The zero-order valence-electron chi connectivity index (χ0n) is 6.14. The summed E-state index contributed by atoms with van der Waals surface area (Å²) in [6, 6.07) is 2.96. The van der Waals surface area contributed by atoms with Crippen LogP contribution >= 0.6 is 0 Å². The second-order valence-electron chi connectivity index (χ2n) is 2.15. The summed E-state index contributed by atoms with van der Waals surface area (Å²) < 4.78 is 0.879. The smallest absolute Gasteiger partial charge is 0.415 e. The highest BCUT2D eigenvalue weighted by Crippen LogP contribution is 2.11. The first-order valence-electron chi connectivity index (χ1n) is 3.21. The number of carboxylic acid groups (broad SMARTS) is 1. The van der Waals surface area contributed by atoms with Gasteiger partial charge in [-0.15, -0.1) is 6.42 Å². The molecule has 1 heterocycles. The Hall–Kier alpha value is -1.73. The van der Waals surface area contributed by atoms with Crippen LogP contribution in [0.15, 0.2) is 18.3 Å². The number of nitrogens with zero attached hydrogens (tertiary/aromatic N) is 1. The van der Waals surface area contributed by atoms with Crippen LogP contribution in [0.5, 0.6) is 0 Å². The van der Waals surface area contributed by atoms with E-state index >= 15 is 0 Å². The van der Waals surface area contributed by atoms with Gasteiger partial charge < -0.3 is 10.2 Å². The van der Waals surface area contributed by atoms with Crippen molar-refractivity contribution in [2.24, 2.45) is 0 Å². The molecule has 1 atom stereocenters. The minimum Gasteiger partial charge on any atom is -0.464 e. The van der Waals surface area contributed by atoms with Gasteiger partial charge >= 0.3 is 6.09 Å². The molecule has 0 fully saturated rings. The van der Waals surface area contributed by atoms with Crippen LogP contribution in [0, 0.1) is 12.3 Å². The molecule has 0 aromatic carbocycles. The summed E-state index contributed by atoms with van der Waals surface area (Å²) in [7, 11) is 0. The van der Waals surface area contributed by atoms with Crippen molar-refractivity contribution in [2.45, 2.75) is 6.10 Å². The van der Waals surface area contributed by atoms with Crippen molar-refractivity contribution >= 4 is 6.09 Å². The first-order chi connectivity index (χ1) is 5.66. The number of hydrogen-bond donors (Lipinski definition) is 2. The number of aromatic nitrogens is 1. The van der Waals surface area contributed by atoms with Gasteiger partial charge in [-0.1, -0.05) is 5.92 Å². The topological polar surface area (TPSA) is 62.5 Å². The molecule has 12 heavy (non-hydrogen) atoms. The Balaban J connectivity index is 3.09. The van der Waals surface area contributed by atoms with Gasteiger partial charge in [0.1, 0.15) is 0 Å². The number of aliphatic hydroxyl groups is 1. The molecule has 0 saturated heterocycles. The number of aliphatic hydroxyl groups excluding tert-OH is 1. The molecule has 0 radical (unpaired) electrons. The molecule has 1 unspecified atom stereocenters. The van der Waals surface area contributed by atoms with Crippen LogP contribution in [0.25, 0.3) is 0 Å². The zero-order valence-corrected chi connectivity index (χ0v) is 6.14. The molecule has 1 aromatic heterocycles. The van der Waals surface area contributed by atoms with Crippen LogP contribution in [-0.4, -0.2) is 20.9 Å². The Bertz CT molecular complexity index is 334. The molecule has 0 bridgehead atoms. The molecular weight excluding hydrogens is 158 g/mol. The second-order valence-corrected chi connectivity index (χ2v) is 2.15. The van der Waals surface area contributed by atoms with Gasteiger partial charge in [0.15, 0.2) is 6.10 Å². The van der Waals surface area contributed by atoms with E-state index in [1.54, 1.807) is 0 Å². The fourth-order valence-corrected chi connectivity index (χ4v) is 0.877. The third kappa shape index (κ3) is 1.31. The molecule has 1 rings (SSSR count). The molecule has 4 heteroatoms. The highest BCUT2D eigenvalue weighted by molar-refractivity contribution is 5.69. The molecule has 1 aromatic rings. The summed E-state index contributed by atoms with van der Waals surface area (Å²) in [6.45, 7) is 0. The van der Waals surface area contributed by atoms with E-state index in [4.69, 9.17) is 16.6 Å². The van der Waals surface area contributed by atoms with Crippen molar-refractivity contribution in [1.29, 1.82) is 0 Å². The quantitative estimate of drug-likeness (QED) is 0.601. The summed E-state index contributed by atoms with van der Waals surface area (Å²) >= 11 is 0. The van der Waals surface area contributed by atoms with E-state index in [1.165, 1.54) is 18.3 Å². The van der Waals surface area contributed by atoms with Crippen LogP contribution in [0.4, 0.5) is 4.79 Å². The van der Waals surface area contributed by atoms with Crippen molar-refractivity contribution in [3.63, 3.8) is 0 Å². The van der Waals surface area contributed by atoms with E-state index in [2.05, 4.69) is 0 Å². The van der Waals surface area contributed by atoms with E-state index in [-0.39, 0.29) is 5.69 Å². The Morgan fingerprint density at radius 3 is 2.92 bits per heavy atom. The maximum Gasteiger partial charge on any atom is 0.415 e. The Kier molecular flexibility index (Phi) is 2.17. The van der Waals surface area contributed by atoms with Crippen molar-refractivity contribution in [3.8, 4) is 12.3 Å². The summed E-state index contributed by atoms with van der Waals surface area (Å²) in [6.07, 6.45) is 3.91. The number of hydrogen-bond acceptors (Lipinski definition) is 2. The molecule has 0 amide bonds. The number of carbonyl (C=O) groups is 1. The third-order valence-electron chi connectivity index (χ3n) is 1.42. The molecule has 0 aliphatic rings. The first-order valence-corrected chi connectivity index (χ1v) is 3.21. The lowest BCUT2D eigenvalue weighted by molar-refractivity contribution is 0.187. The molecule has 0 aliphatic carbocycles. The van der Waals surface area contributed by atoms with Crippen LogP contribution in [0.1, 0.15) is 11.8 Å². The Labute approximate surface area is 69.1 Å². The van der Waals surface area contributed by atoms with Gasteiger partial charge in [0.25, 0.3) is 0 Å². The van der Waals surface area contributed by atoms with E-state index in [0.717, 1.165) is 4.57 Å². The standard InChI is InChI=1S/C8H7NO3/c1-2-7(10)6-4-3-5-9(6)8(11)12/h1,3-5,7,10H,(H,11,12). The average molecular weight is 165 g/mol. The number of terminal acetylenes is 1. The van der Waals surface area contributed by atoms with Gasteiger partial charge in [0.2, 0.25) is 0 Å². The maximum absolute atomic E-state index is 10.5. The molecule has 0 aliphatic heterocycles. The predicted molar refractivity (Wildman–Crippen MR) is 41.6 cm³/mol. The van der Waals surface area contributed by atoms with E-state index in [9.17, 15) is 4.79 Å². The lowest BCUT2D eigenvalue weighted by Crippen LogP contribution is -2.12. The molecular formula is C8H7NO3. The van der Waals surface area contributed by atoms with E-state index in [0.29, 0.717) is 0 Å². The maximum atomic E-state index is 10.5. The first kappa shape index (κ1) is 8.37. The summed E-state index contributed by atoms with van der Waals surface area (Å²) in [5.41, 5.74) is 0.185. The van der Waals surface area contributed by atoms with Gasteiger partial charge in [0.05, 0.1) is 5.69 Å². The van der Waals surface area contributed by atoms with E-state index < -0.39 is 12.2 Å². The van der Waals surface area contributed by atoms with Gasteiger partial charge in [-0.2, -0.15) is 0 Å². The molecule has 0 saturated carbocycles. The van der Waals surface area contributed by atoms with Crippen LogP contribution in [-0.2, 0) is 0 Å². The van der Waals surface area contributed by atoms with Crippen molar-refractivity contribution < 1.29 is 15.0 Å². The SMILES string of the molecule is C#CC(O)c1cccn1C(=O)O. The third-order valence-corrected chi connectivity index (χ3v) is 1.42.